The molecule has 0 aromatic heterocycles. The minimum atomic E-state index is -3.41. The molecule has 3 atom stereocenters. The lowest BCUT2D eigenvalue weighted by Gasteiger charge is -2.39. The smallest absolute Gasteiger partial charge is 0.243 e. The largest absolute Gasteiger partial charge is 0.299 e. The molecule has 5 nitrogen and oxygen atoms in total. The lowest BCUT2D eigenvalue weighted by Crippen LogP contribution is -2.52. The van der Waals surface area contributed by atoms with E-state index in [0.717, 1.165) is 5.56 Å². The summed E-state index contributed by atoms with van der Waals surface area (Å²) in [5, 5.41) is 1.89. The van der Waals surface area contributed by atoms with Gasteiger partial charge in [-0.05, 0) is 25.0 Å². The molecule has 0 spiro atoms. The van der Waals surface area contributed by atoms with Gasteiger partial charge in [-0.15, -0.1) is 0 Å². The molecule has 116 valence electrons. The van der Waals surface area contributed by atoms with Gasteiger partial charge in [0.25, 0.3) is 0 Å². The minimum absolute atomic E-state index is 0.249. The highest BCUT2D eigenvalue weighted by Crippen LogP contribution is 2.34. The van der Waals surface area contributed by atoms with E-state index in [1.165, 1.54) is 0 Å². The van der Waals surface area contributed by atoms with Gasteiger partial charge in [0.15, 0.2) is 0 Å². The molecular weight excluding hydrogens is 288 g/mol. The number of sulfonamides is 1. The average molecular weight is 310 g/mol. The molecule has 2 aliphatic rings. The molecular formula is C15H22N2O3S. The number of rotatable bonds is 2. The first kappa shape index (κ1) is 15.0. The highest BCUT2D eigenvalue weighted by atomic mass is 32.2. The molecule has 1 aromatic carbocycles. The number of nitrogens with zero attached hydrogens (tertiary/aromatic N) is 2. The molecule has 0 unspecified atom stereocenters. The van der Waals surface area contributed by atoms with Crippen LogP contribution in [-0.4, -0.2) is 50.6 Å². The van der Waals surface area contributed by atoms with Gasteiger partial charge in [-0.1, -0.05) is 24.6 Å². The Hall–Kier alpha value is -0.950. The van der Waals surface area contributed by atoms with Gasteiger partial charge in [0.05, 0.1) is 11.5 Å². The molecule has 2 saturated heterocycles. The molecule has 0 radical (unpaired) electrons. The predicted octanol–water partition coefficient (Wildman–Crippen LogP) is 1.50. The summed E-state index contributed by atoms with van der Waals surface area (Å²) in [6.07, 6.45) is 0. The van der Waals surface area contributed by atoms with Crippen LogP contribution >= 0.6 is 0 Å². The van der Waals surface area contributed by atoms with E-state index in [-0.39, 0.29) is 11.8 Å². The normalized spacial score (nSPS) is 31.3. The highest BCUT2D eigenvalue weighted by molar-refractivity contribution is 7.89. The third-order valence-corrected chi connectivity index (χ3v) is 6.41. The maximum atomic E-state index is 12.8. The third-order valence-electron chi connectivity index (χ3n) is 4.57. The Bertz CT molecular complexity index is 614. The number of benzene rings is 1. The summed E-state index contributed by atoms with van der Waals surface area (Å²) in [7, 11) is -1.47. The standard InChI is InChI=1S/C15H22N2O3S/c1-11-4-6-14(7-5-11)21(18,19)17-8-12(2)15-13(9-17)10-20-16(15)3/h4-7,12-13,15H,8-10H2,1-3H3/t12-,13-,15-/m1/s1. The minimum Gasteiger partial charge on any atom is -0.299 e. The van der Waals surface area contributed by atoms with Crippen LogP contribution in [0.25, 0.3) is 0 Å². The van der Waals surface area contributed by atoms with Crippen molar-refractivity contribution in [3.8, 4) is 0 Å². The summed E-state index contributed by atoms with van der Waals surface area (Å²) < 4.78 is 27.2. The molecule has 0 saturated carbocycles. The van der Waals surface area contributed by atoms with Crippen LogP contribution in [0.5, 0.6) is 0 Å². The van der Waals surface area contributed by atoms with Crippen LogP contribution in [0.15, 0.2) is 29.2 Å². The van der Waals surface area contributed by atoms with Crippen molar-refractivity contribution in [1.29, 1.82) is 0 Å². The number of hydroxylamine groups is 2. The Morgan fingerprint density at radius 3 is 2.52 bits per heavy atom. The number of hydrogen-bond acceptors (Lipinski definition) is 4. The molecule has 2 aliphatic heterocycles. The average Bonchev–Trinajstić information content (AvgIpc) is 2.81. The van der Waals surface area contributed by atoms with Crippen LogP contribution < -0.4 is 0 Å². The van der Waals surface area contributed by atoms with E-state index in [9.17, 15) is 8.42 Å². The third kappa shape index (κ3) is 2.61. The van der Waals surface area contributed by atoms with Crippen molar-refractivity contribution in [2.45, 2.75) is 24.8 Å². The molecule has 2 heterocycles. The predicted molar refractivity (Wildman–Crippen MR) is 80.1 cm³/mol. The summed E-state index contributed by atoms with van der Waals surface area (Å²) in [5.41, 5.74) is 1.06. The fourth-order valence-corrected chi connectivity index (χ4v) is 5.10. The quantitative estimate of drug-likeness (QED) is 0.830. The molecule has 0 N–H and O–H groups in total. The van der Waals surface area contributed by atoms with E-state index >= 15 is 0 Å². The second-order valence-electron chi connectivity index (χ2n) is 6.20. The van der Waals surface area contributed by atoms with Crippen molar-refractivity contribution >= 4 is 10.0 Å². The Labute approximate surface area is 126 Å². The van der Waals surface area contributed by atoms with Gasteiger partial charge in [0, 0.05) is 32.1 Å². The Morgan fingerprint density at radius 2 is 1.86 bits per heavy atom. The monoisotopic (exact) mass is 310 g/mol. The Balaban J connectivity index is 1.85. The lowest BCUT2D eigenvalue weighted by molar-refractivity contribution is -0.119. The van der Waals surface area contributed by atoms with E-state index in [0.29, 0.717) is 30.6 Å². The molecule has 3 rings (SSSR count). The molecule has 0 bridgehead atoms. The van der Waals surface area contributed by atoms with Gasteiger partial charge in [-0.2, -0.15) is 9.37 Å². The van der Waals surface area contributed by atoms with Gasteiger partial charge >= 0.3 is 0 Å². The Morgan fingerprint density at radius 1 is 1.19 bits per heavy atom. The molecule has 0 aliphatic carbocycles. The van der Waals surface area contributed by atoms with E-state index < -0.39 is 10.0 Å². The zero-order valence-corrected chi connectivity index (χ0v) is 13.5. The van der Waals surface area contributed by atoms with Gasteiger partial charge in [-0.25, -0.2) is 8.42 Å². The molecule has 1 aromatic rings. The van der Waals surface area contributed by atoms with Crippen molar-refractivity contribution < 1.29 is 13.3 Å². The molecule has 0 amide bonds. The van der Waals surface area contributed by atoms with Crippen molar-refractivity contribution in [3.63, 3.8) is 0 Å². The molecule has 21 heavy (non-hydrogen) atoms. The summed E-state index contributed by atoms with van der Waals surface area (Å²) in [5.74, 6) is 0.510. The van der Waals surface area contributed by atoms with E-state index in [1.807, 2.05) is 31.2 Å². The maximum Gasteiger partial charge on any atom is 0.243 e. The van der Waals surface area contributed by atoms with E-state index in [2.05, 4.69) is 6.92 Å². The van der Waals surface area contributed by atoms with Gasteiger partial charge in [-0.3, -0.25) is 4.84 Å². The number of aryl methyl sites for hydroxylation is 1. The summed E-state index contributed by atoms with van der Waals surface area (Å²) in [6, 6.07) is 7.39. The second-order valence-corrected chi connectivity index (χ2v) is 8.14. The maximum absolute atomic E-state index is 12.8. The van der Waals surface area contributed by atoms with Crippen LogP contribution in [0.2, 0.25) is 0 Å². The van der Waals surface area contributed by atoms with Gasteiger partial charge in [0.1, 0.15) is 0 Å². The number of hydrogen-bond donors (Lipinski definition) is 0. The van der Waals surface area contributed by atoms with E-state index in [1.54, 1.807) is 16.4 Å². The van der Waals surface area contributed by atoms with Crippen LogP contribution in [0, 0.1) is 18.8 Å². The fraction of sp³-hybridized carbons (Fsp3) is 0.600. The van der Waals surface area contributed by atoms with E-state index in [4.69, 9.17) is 4.84 Å². The number of fused-ring (bicyclic) bond motifs is 1. The van der Waals surface area contributed by atoms with Crippen molar-refractivity contribution in [3.05, 3.63) is 29.8 Å². The summed E-state index contributed by atoms with van der Waals surface area (Å²) >= 11 is 0. The van der Waals surface area contributed by atoms with Crippen LogP contribution in [-0.2, 0) is 14.9 Å². The van der Waals surface area contributed by atoms with Crippen LogP contribution in [0.1, 0.15) is 12.5 Å². The summed E-state index contributed by atoms with van der Waals surface area (Å²) in [6.45, 7) is 5.74. The second kappa shape index (κ2) is 5.35. The first-order chi connectivity index (χ1) is 9.89. The lowest BCUT2D eigenvalue weighted by atomic mass is 9.87. The van der Waals surface area contributed by atoms with Crippen LogP contribution in [0.3, 0.4) is 0 Å². The zero-order valence-electron chi connectivity index (χ0n) is 12.7. The van der Waals surface area contributed by atoms with Crippen molar-refractivity contribution in [2.75, 3.05) is 26.7 Å². The van der Waals surface area contributed by atoms with Gasteiger partial charge < -0.3 is 0 Å². The highest BCUT2D eigenvalue weighted by Gasteiger charge is 2.45. The summed E-state index contributed by atoms with van der Waals surface area (Å²) in [4.78, 5) is 5.95. The zero-order chi connectivity index (χ0) is 15.2. The van der Waals surface area contributed by atoms with Crippen molar-refractivity contribution in [1.82, 2.24) is 9.37 Å². The molecule has 6 heteroatoms. The van der Waals surface area contributed by atoms with Crippen LogP contribution in [0.4, 0.5) is 0 Å². The topological polar surface area (TPSA) is 49.9 Å². The molecule has 2 fully saturated rings. The number of piperidine rings is 1. The first-order valence-electron chi connectivity index (χ1n) is 7.32. The Kier molecular flexibility index (Phi) is 3.81. The fourth-order valence-electron chi connectivity index (χ4n) is 3.50. The first-order valence-corrected chi connectivity index (χ1v) is 8.76. The van der Waals surface area contributed by atoms with Gasteiger partial charge in [0.2, 0.25) is 10.0 Å². The SMILES string of the molecule is Cc1ccc(S(=O)(=O)N2C[C@@H]3CON(C)[C@@H]3[C@H](C)C2)cc1. The van der Waals surface area contributed by atoms with Crippen molar-refractivity contribution in [2.24, 2.45) is 11.8 Å².